The molecule has 0 atom stereocenters. The minimum absolute atomic E-state index is 0. The molecule has 0 unspecified atom stereocenters. The molecule has 0 aliphatic carbocycles. The van der Waals surface area contributed by atoms with Gasteiger partial charge in [0.2, 0.25) is 0 Å². The molecule has 7 rings (SSSR count). The Labute approximate surface area is 327 Å². The molecular formula is C46H48N4O2Pd. The predicted octanol–water partition coefficient (Wildman–Crippen LogP) is 11.8. The van der Waals surface area contributed by atoms with Crippen LogP contribution in [0.4, 0.5) is 0 Å². The van der Waals surface area contributed by atoms with Gasteiger partial charge in [-0.1, -0.05) is 89.0 Å². The van der Waals surface area contributed by atoms with Gasteiger partial charge < -0.3 is 14.0 Å². The van der Waals surface area contributed by atoms with Gasteiger partial charge in [-0.2, -0.15) is 17.2 Å². The molecule has 0 fully saturated rings. The van der Waals surface area contributed by atoms with Crippen LogP contribution in [0, 0.1) is 12.1 Å². The number of hydrogen-bond donors (Lipinski definition) is 0. The van der Waals surface area contributed by atoms with Crippen LogP contribution in [0.25, 0.3) is 44.4 Å². The van der Waals surface area contributed by atoms with E-state index < -0.39 is 0 Å². The molecule has 0 spiro atoms. The molecule has 0 saturated heterocycles. The van der Waals surface area contributed by atoms with Gasteiger partial charge in [0.15, 0.2) is 0 Å². The molecule has 0 aliphatic heterocycles. The fraction of sp³-hybridized carbons (Fsp3) is 0.304. The maximum absolute atomic E-state index is 6.53. The number of nitrogens with zero attached hydrogens (tertiary/aromatic N) is 4. The van der Waals surface area contributed by atoms with E-state index in [4.69, 9.17) is 19.6 Å². The molecule has 0 amide bonds. The molecule has 53 heavy (non-hydrogen) atoms. The van der Waals surface area contributed by atoms with Gasteiger partial charge in [-0.15, -0.1) is 35.7 Å². The van der Waals surface area contributed by atoms with Crippen LogP contribution in [0.2, 0.25) is 0 Å². The van der Waals surface area contributed by atoms with Crippen molar-refractivity contribution in [3.63, 3.8) is 0 Å². The summed E-state index contributed by atoms with van der Waals surface area (Å²) in [4.78, 5) is 4.76. The van der Waals surface area contributed by atoms with Crippen molar-refractivity contribution in [1.29, 1.82) is 0 Å². The van der Waals surface area contributed by atoms with Crippen LogP contribution < -0.4 is 9.47 Å². The summed E-state index contributed by atoms with van der Waals surface area (Å²) in [6.07, 6.45) is 5.71. The minimum Gasteiger partial charge on any atom is -0.509 e. The first-order valence-corrected chi connectivity index (χ1v) is 18.5. The summed E-state index contributed by atoms with van der Waals surface area (Å²) in [7, 11) is 0. The summed E-state index contributed by atoms with van der Waals surface area (Å²) in [6.45, 7) is 17.3. The van der Waals surface area contributed by atoms with Crippen LogP contribution in [0.5, 0.6) is 17.2 Å². The van der Waals surface area contributed by atoms with E-state index in [2.05, 4.69) is 111 Å². The molecule has 0 aliphatic rings. The Morgan fingerprint density at radius 1 is 0.774 bits per heavy atom. The van der Waals surface area contributed by atoms with Crippen molar-refractivity contribution in [2.75, 3.05) is 0 Å². The van der Waals surface area contributed by atoms with Gasteiger partial charge in [0.1, 0.15) is 17.2 Å². The Morgan fingerprint density at radius 2 is 1.53 bits per heavy atom. The first-order valence-electron chi connectivity index (χ1n) is 18.5. The van der Waals surface area contributed by atoms with E-state index in [9.17, 15) is 0 Å². The summed E-state index contributed by atoms with van der Waals surface area (Å²) in [5, 5.41) is 7.37. The Morgan fingerprint density at radius 3 is 2.25 bits per heavy atom. The summed E-state index contributed by atoms with van der Waals surface area (Å²) in [5.74, 6) is 2.70. The largest absolute Gasteiger partial charge is 2.00 e. The van der Waals surface area contributed by atoms with E-state index in [1.807, 2.05) is 57.2 Å². The Bertz CT molecular complexity index is 2360. The smallest absolute Gasteiger partial charge is 0.509 e. The molecule has 7 heteroatoms. The van der Waals surface area contributed by atoms with E-state index >= 15 is 0 Å². The SMILES string of the molecule is CCCCc1c(-c2ccc(C(C)(C)C)cc2)c(CC)nn1-c1[c-]c(Oc2[c-]c3c(cc2)c2ccccc2n3-c2cc(OC(C)(C)C)ccn2)ccc1.[Pd+2]. The van der Waals surface area contributed by atoms with Gasteiger partial charge in [-0.05, 0) is 79.8 Å². The van der Waals surface area contributed by atoms with Gasteiger partial charge in [0.25, 0.3) is 0 Å². The molecular weight excluding hydrogens is 747 g/mol. The van der Waals surface area contributed by atoms with Crippen molar-refractivity contribution in [3.8, 4) is 39.9 Å². The molecule has 0 bridgehead atoms. The molecule has 0 radical (unpaired) electrons. The van der Waals surface area contributed by atoms with Gasteiger partial charge in [0.05, 0.1) is 5.69 Å². The second-order valence-corrected chi connectivity index (χ2v) is 15.5. The number of fused-ring (bicyclic) bond motifs is 3. The number of unbranched alkanes of at least 4 members (excludes halogenated alkanes) is 1. The third-order valence-electron chi connectivity index (χ3n) is 9.32. The standard InChI is InChI=1S/C46H48N4O2.Pd/c1-9-11-18-41-44(31-20-22-32(23-21-31)45(3,4)5)39(10-2)48-50(41)33-15-14-16-34(28-33)51-35-24-25-38-37-17-12-13-19-40(37)49(42(38)29-35)43-30-36(26-27-47-43)52-46(6,7)8;/h12-17,19-27,30H,9-11,18H2,1-8H3;/q-2;+2. The van der Waals surface area contributed by atoms with Crippen LogP contribution >= 0.6 is 0 Å². The molecule has 274 valence electrons. The quantitative estimate of drug-likeness (QED) is 0.102. The first-order chi connectivity index (χ1) is 24.9. The van der Waals surface area contributed by atoms with Gasteiger partial charge in [-0.3, -0.25) is 4.68 Å². The van der Waals surface area contributed by atoms with Crippen LogP contribution in [0.15, 0.2) is 97.2 Å². The topological polar surface area (TPSA) is 54.1 Å². The summed E-state index contributed by atoms with van der Waals surface area (Å²) in [5.41, 5.74) is 8.58. The third kappa shape index (κ3) is 7.98. The van der Waals surface area contributed by atoms with Crippen molar-refractivity contribution in [2.45, 2.75) is 92.1 Å². The molecule has 3 aromatic heterocycles. The van der Waals surface area contributed by atoms with Gasteiger partial charge in [-0.25, -0.2) is 4.98 Å². The second kappa shape index (κ2) is 15.3. The predicted molar refractivity (Wildman–Crippen MR) is 212 cm³/mol. The fourth-order valence-electron chi connectivity index (χ4n) is 6.84. The zero-order valence-corrected chi connectivity index (χ0v) is 33.5. The Kier molecular flexibility index (Phi) is 11.0. The van der Waals surface area contributed by atoms with Crippen LogP contribution in [-0.4, -0.2) is 24.9 Å². The van der Waals surface area contributed by atoms with E-state index in [0.29, 0.717) is 11.5 Å². The molecule has 4 aromatic carbocycles. The van der Waals surface area contributed by atoms with Crippen LogP contribution in [-0.2, 0) is 38.7 Å². The number of aryl methyl sites for hydroxylation is 1. The second-order valence-electron chi connectivity index (χ2n) is 15.5. The number of hydrogen-bond acceptors (Lipinski definition) is 4. The van der Waals surface area contributed by atoms with Crippen molar-refractivity contribution >= 4 is 21.8 Å². The Hall–Kier alpha value is -4.70. The maximum Gasteiger partial charge on any atom is 2.00 e. The van der Waals surface area contributed by atoms with Gasteiger partial charge >= 0.3 is 20.4 Å². The summed E-state index contributed by atoms with van der Waals surface area (Å²) >= 11 is 0. The molecule has 6 nitrogen and oxygen atoms in total. The first kappa shape index (κ1) is 38.0. The van der Waals surface area contributed by atoms with Crippen LogP contribution in [0.3, 0.4) is 0 Å². The van der Waals surface area contributed by atoms with Crippen molar-refractivity contribution in [2.24, 2.45) is 0 Å². The number of ether oxygens (including phenoxy) is 2. The summed E-state index contributed by atoms with van der Waals surface area (Å²) < 4.78 is 16.9. The maximum atomic E-state index is 6.53. The summed E-state index contributed by atoms with van der Waals surface area (Å²) in [6, 6.07) is 38.5. The van der Waals surface area contributed by atoms with Crippen molar-refractivity contribution < 1.29 is 29.9 Å². The van der Waals surface area contributed by atoms with E-state index in [-0.39, 0.29) is 31.4 Å². The zero-order chi connectivity index (χ0) is 36.6. The zero-order valence-electron chi connectivity index (χ0n) is 32.0. The molecule has 3 heterocycles. The van der Waals surface area contributed by atoms with Gasteiger partial charge in [0, 0.05) is 40.5 Å². The van der Waals surface area contributed by atoms with Crippen molar-refractivity contribution in [3.05, 3.63) is 126 Å². The van der Waals surface area contributed by atoms with E-state index in [1.165, 1.54) is 22.4 Å². The average molecular weight is 795 g/mol. The van der Waals surface area contributed by atoms with E-state index in [1.54, 1.807) is 6.20 Å². The molecule has 0 N–H and O–H groups in total. The Balaban J connectivity index is 0.00000481. The number of benzene rings is 4. The average Bonchev–Trinajstić information content (AvgIpc) is 3.65. The van der Waals surface area contributed by atoms with Crippen molar-refractivity contribution in [1.82, 2.24) is 19.3 Å². The normalized spacial score (nSPS) is 11.9. The fourth-order valence-corrected chi connectivity index (χ4v) is 6.84. The number of aromatic nitrogens is 4. The van der Waals surface area contributed by atoms with E-state index in [0.717, 1.165) is 70.4 Å². The molecule has 0 saturated carbocycles. The monoisotopic (exact) mass is 794 g/mol. The minimum atomic E-state index is -0.331. The van der Waals surface area contributed by atoms with Crippen LogP contribution in [0.1, 0.15) is 85.2 Å². The third-order valence-corrected chi connectivity index (χ3v) is 9.32. The number of pyridine rings is 1. The molecule has 7 aromatic rings. The number of para-hydroxylation sites is 1. The number of rotatable bonds is 10.